The number of aliphatic hydroxyl groups excluding tert-OH is 1. The number of carbonyl (C=O) groups excluding carboxylic acids is 1. The monoisotopic (exact) mass is 314 g/mol. The first-order chi connectivity index (χ1) is 11.1. The summed E-state index contributed by atoms with van der Waals surface area (Å²) in [5, 5.41) is 17.0. The Morgan fingerprint density at radius 1 is 1.39 bits per heavy atom. The van der Waals surface area contributed by atoms with E-state index in [4.69, 9.17) is 0 Å². The zero-order valence-corrected chi connectivity index (χ0v) is 13.2. The molecule has 1 fully saturated rings. The minimum atomic E-state index is -0.429. The summed E-state index contributed by atoms with van der Waals surface area (Å²) in [6, 6.07) is 11.5. The van der Waals surface area contributed by atoms with Gasteiger partial charge < -0.3 is 10.0 Å². The van der Waals surface area contributed by atoms with Crippen LogP contribution in [0.15, 0.2) is 42.6 Å². The number of aliphatic hydroxyl groups is 1. The van der Waals surface area contributed by atoms with Gasteiger partial charge in [-0.3, -0.25) is 10.00 Å². The van der Waals surface area contributed by atoms with Crippen molar-refractivity contribution in [1.82, 2.24) is 14.7 Å². The summed E-state index contributed by atoms with van der Waals surface area (Å²) in [7, 11) is 1.68. The molecule has 1 aromatic carbocycles. The molecular formula is C17H22N4O2. The molecule has 1 aromatic heterocycles. The second kappa shape index (κ2) is 6.83. The van der Waals surface area contributed by atoms with Crippen LogP contribution in [0.25, 0.3) is 0 Å². The molecule has 1 unspecified atom stereocenters. The fraction of sp³-hybridized carbons (Fsp3) is 0.412. The highest BCUT2D eigenvalue weighted by atomic mass is 16.3. The maximum atomic E-state index is 12.1. The number of rotatable bonds is 6. The number of benzene rings is 1. The molecule has 1 heterocycles. The van der Waals surface area contributed by atoms with Crippen molar-refractivity contribution in [3.63, 3.8) is 0 Å². The number of anilines is 1. The summed E-state index contributed by atoms with van der Waals surface area (Å²) in [6.07, 6.45) is 3.52. The molecule has 1 saturated carbocycles. The third-order valence-electron chi connectivity index (χ3n) is 4.04. The Labute approximate surface area is 135 Å². The maximum Gasteiger partial charge on any atom is 0.322 e. The molecule has 0 bridgehead atoms. The zero-order chi connectivity index (χ0) is 16.2. The van der Waals surface area contributed by atoms with E-state index in [1.807, 2.05) is 36.5 Å². The van der Waals surface area contributed by atoms with E-state index in [1.54, 1.807) is 17.8 Å². The van der Waals surface area contributed by atoms with Crippen LogP contribution in [0, 0.1) is 5.92 Å². The van der Waals surface area contributed by atoms with Crippen molar-refractivity contribution >= 4 is 11.8 Å². The van der Waals surface area contributed by atoms with Crippen molar-refractivity contribution in [2.45, 2.75) is 25.5 Å². The summed E-state index contributed by atoms with van der Waals surface area (Å²) in [5.74, 6) is 0.869. The number of nitrogens with one attached hydrogen (secondary N) is 1. The molecule has 1 aliphatic rings. The highest BCUT2D eigenvalue weighted by Gasteiger charge is 2.31. The first-order valence-electron chi connectivity index (χ1n) is 7.89. The molecule has 0 spiro atoms. The Balaban J connectivity index is 1.52. The SMILES string of the molecule is CN(CC(O)C1CC1)C(=O)Nc1ccn(Cc2ccccc2)n1. The van der Waals surface area contributed by atoms with Crippen LogP contribution in [-0.4, -0.2) is 45.5 Å². The van der Waals surface area contributed by atoms with Gasteiger partial charge in [-0.05, 0) is 24.3 Å². The van der Waals surface area contributed by atoms with E-state index in [2.05, 4.69) is 10.4 Å². The molecule has 6 heteroatoms. The standard InChI is InChI=1S/C17H22N4O2/c1-20(12-15(22)14-7-8-14)17(23)18-16-9-10-21(19-16)11-13-5-3-2-4-6-13/h2-6,9-10,14-15,22H,7-8,11-12H2,1H3,(H,18,19,23). The Morgan fingerprint density at radius 2 is 2.13 bits per heavy atom. The van der Waals surface area contributed by atoms with E-state index in [0.717, 1.165) is 18.4 Å². The van der Waals surface area contributed by atoms with Gasteiger partial charge in [-0.1, -0.05) is 30.3 Å². The van der Waals surface area contributed by atoms with Crippen LogP contribution in [0.3, 0.4) is 0 Å². The molecule has 0 radical (unpaired) electrons. The van der Waals surface area contributed by atoms with Crippen LogP contribution in [0.5, 0.6) is 0 Å². The number of amides is 2. The lowest BCUT2D eigenvalue weighted by Crippen LogP contribution is -2.38. The van der Waals surface area contributed by atoms with Gasteiger partial charge in [-0.15, -0.1) is 0 Å². The number of likely N-dealkylation sites (N-methyl/N-ethyl adjacent to an activating group) is 1. The molecule has 122 valence electrons. The lowest BCUT2D eigenvalue weighted by molar-refractivity contribution is 0.117. The molecule has 2 amide bonds. The van der Waals surface area contributed by atoms with Crippen LogP contribution < -0.4 is 5.32 Å². The molecule has 0 saturated heterocycles. The molecule has 3 rings (SSSR count). The molecule has 6 nitrogen and oxygen atoms in total. The van der Waals surface area contributed by atoms with E-state index >= 15 is 0 Å². The number of aromatic nitrogens is 2. The van der Waals surface area contributed by atoms with Crippen LogP contribution >= 0.6 is 0 Å². The van der Waals surface area contributed by atoms with Gasteiger partial charge in [-0.2, -0.15) is 5.10 Å². The first kappa shape index (κ1) is 15.6. The zero-order valence-electron chi connectivity index (χ0n) is 13.2. The molecule has 2 aromatic rings. The minimum absolute atomic E-state index is 0.255. The number of urea groups is 1. The highest BCUT2D eigenvalue weighted by molar-refractivity contribution is 5.88. The van der Waals surface area contributed by atoms with Gasteiger partial charge in [0.1, 0.15) is 0 Å². The summed E-state index contributed by atoms with van der Waals surface area (Å²) in [4.78, 5) is 13.6. The summed E-state index contributed by atoms with van der Waals surface area (Å²) in [5.41, 5.74) is 1.15. The van der Waals surface area contributed by atoms with Crippen LogP contribution in [-0.2, 0) is 6.54 Å². The Hall–Kier alpha value is -2.34. The molecular weight excluding hydrogens is 292 g/mol. The van der Waals surface area contributed by atoms with Gasteiger partial charge in [0.2, 0.25) is 0 Å². The van der Waals surface area contributed by atoms with Gasteiger partial charge in [0.05, 0.1) is 12.6 Å². The predicted molar refractivity (Wildman–Crippen MR) is 88.2 cm³/mol. The highest BCUT2D eigenvalue weighted by Crippen LogP contribution is 2.32. The lowest BCUT2D eigenvalue weighted by atomic mass is 10.2. The normalized spacial score (nSPS) is 15.2. The lowest BCUT2D eigenvalue weighted by Gasteiger charge is -2.20. The number of nitrogens with zero attached hydrogens (tertiary/aromatic N) is 3. The average Bonchev–Trinajstić information content (AvgIpc) is 3.31. The smallest absolute Gasteiger partial charge is 0.322 e. The maximum absolute atomic E-state index is 12.1. The largest absolute Gasteiger partial charge is 0.391 e. The number of hydrogen-bond donors (Lipinski definition) is 2. The van der Waals surface area contributed by atoms with Crippen molar-refractivity contribution in [2.75, 3.05) is 18.9 Å². The number of hydrogen-bond acceptors (Lipinski definition) is 3. The van der Waals surface area contributed by atoms with Crippen LogP contribution in [0.2, 0.25) is 0 Å². The molecule has 0 aliphatic heterocycles. The Kier molecular flexibility index (Phi) is 4.62. The van der Waals surface area contributed by atoms with Gasteiger partial charge >= 0.3 is 6.03 Å². The van der Waals surface area contributed by atoms with Crippen molar-refractivity contribution in [3.05, 3.63) is 48.2 Å². The third-order valence-corrected chi connectivity index (χ3v) is 4.04. The van der Waals surface area contributed by atoms with E-state index in [1.165, 1.54) is 4.90 Å². The Morgan fingerprint density at radius 3 is 2.83 bits per heavy atom. The second-order valence-corrected chi connectivity index (χ2v) is 6.10. The van der Waals surface area contributed by atoms with E-state index in [9.17, 15) is 9.90 Å². The summed E-state index contributed by atoms with van der Waals surface area (Å²) < 4.78 is 1.78. The molecule has 2 N–H and O–H groups in total. The van der Waals surface area contributed by atoms with Crippen LogP contribution in [0.4, 0.5) is 10.6 Å². The molecule has 23 heavy (non-hydrogen) atoms. The summed E-state index contributed by atoms with van der Waals surface area (Å²) >= 11 is 0. The van der Waals surface area contributed by atoms with Gasteiger partial charge in [0, 0.05) is 25.9 Å². The van der Waals surface area contributed by atoms with Crippen molar-refractivity contribution in [3.8, 4) is 0 Å². The molecule has 1 aliphatic carbocycles. The van der Waals surface area contributed by atoms with Gasteiger partial charge in [0.15, 0.2) is 5.82 Å². The number of carbonyl (C=O) groups is 1. The van der Waals surface area contributed by atoms with Crippen LogP contribution in [0.1, 0.15) is 18.4 Å². The topological polar surface area (TPSA) is 70.4 Å². The molecule has 1 atom stereocenters. The first-order valence-corrected chi connectivity index (χ1v) is 7.89. The quantitative estimate of drug-likeness (QED) is 0.858. The second-order valence-electron chi connectivity index (χ2n) is 6.10. The van der Waals surface area contributed by atoms with E-state index in [0.29, 0.717) is 24.8 Å². The van der Waals surface area contributed by atoms with Gasteiger partial charge in [0.25, 0.3) is 0 Å². The van der Waals surface area contributed by atoms with E-state index < -0.39 is 6.10 Å². The summed E-state index contributed by atoms with van der Waals surface area (Å²) in [6.45, 7) is 1.01. The van der Waals surface area contributed by atoms with Crippen molar-refractivity contribution in [2.24, 2.45) is 5.92 Å². The van der Waals surface area contributed by atoms with Crippen molar-refractivity contribution in [1.29, 1.82) is 0 Å². The third kappa shape index (κ3) is 4.32. The van der Waals surface area contributed by atoms with E-state index in [-0.39, 0.29) is 6.03 Å². The minimum Gasteiger partial charge on any atom is -0.391 e. The average molecular weight is 314 g/mol. The fourth-order valence-electron chi connectivity index (χ4n) is 2.49. The fourth-order valence-corrected chi connectivity index (χ4v) is 2.49. The van der Waals surface area contributed by atoms with Gasteiger partial charge in [-0.25, -0.2) is 4.79 Å². The Bertz CT molecular complexity index is 652. The predicted octanol–water partition coefficient (Wildman–Crippen LogP) is 2.17. The van der Waals surface area contributed by atoms with Crippen molar-refractivity contribution < 1.29 is 9.90 Å².